The van der Waals surface area contributed by atoms with Gasteiger partial charge in [-0.1, -0.05) is 12.1 Å². The van der Waals surface area contributed by atoms with Crippen LogP contribution in [0, 0.1) is 26.6 Å². The van der Waals surface area contributed by atoms with Crippen molar-refractivity contribution in [1.82, 2.24) is 19.5 Å². The molecule has 2 heterocycles. The van der Waals surface area contributed by atoms with Crippen molar-refractivity contribution in [2.24, 2.45) is 5.10 Å². The maximum Gasteiger partial charge on any atom is 0.271 e. The number of aromatic nitrogens is 3. The summed E-state index contributed by atoms with van der Waals surface area (Å²) in [6.07, 6.45) is 1.58. The Morgan fingerprint density at radius 3 is 2.68 bits per heavy atom. The molecule has 4 rings (SSSR count). The summed E-state index contributed by atoms with van der Waals surface area (Å²) >= 11 is 0. The van der Waals surface area contributed by atoms with Gasteiger partial charge in [-0.05, 0) is 64.1 Å². The van der Waals surface area contributed by atoms with E-state index in [9.17, 15) is 9.18 Å². The average Bonchev–Trinajstić information content (AvgIpc) is 3.22. The third kappa shape index (κ3) is 3.74. The minimum Gasteiger partial charge on any atom is -0.329 e. The Bertz CT molecular complexity index is 1320. The van der Waals surface area contributed by atoms with Crippen molar-refractivity contribution in [3.05, 3.63) is 82.7 Å². The zero-order chi connectivity index (χ0) is 22.1. The highest BCUT2D eigenvalue weighted by Crippen LogP contribution is 2.22. The van der Waals surface area contributed by atoms with Crippen LogP contribution in [0.5, 0.6) is 0 Å². The van der Waals surface area contributed by atoms with Crippen molar-refractivity contribution >= 4 is 23.2 Å². The van der Waals surface area contributed by atoms with Crippen LogP contribution in [-0.4, -0.2) is 26.2 Å². The van der Waals surface area contributed by atoms with E-state index in [1.807, 2.05) is 37.5 Å². The molecular weight excluding hydrogens is 393 g/mol. The van der Waals surface area contributed by atoms with Gasteiger partial charge in [-0.15, -0.1) is 0 Å². The summed E-state index contributed by atoms with van der Waals surface area (Å²) in [5.41, 5.74) is 7.83. The van der Waals surface area contributed by atoms with Crippen molar-refractivity contribution in [2.75, 3.05) is 0 Å². The van der Waals surface area contributed by atoms with E-state index >= 15 is 0 Å². The minimum absolute atomic E-state index is 0.294. The molecule has 0 unspecified atom stereocenters. The third-order valence-corrected chi connectivity index (χ3v) is 5.45. The van der Waals surface area contributed by atoms with Gasteiger partial charge in [0.05, 0.1) is 22.9 Å². The normalized spacial score (nSPS) is 11.5. The minimum atomic E-state index is -0.315. The Kier molecular flexibility index (Phi) is 5.42. The van der Waals surface area contributed by atoms with E-state index in [2.05, 4.69) is 27.0 Å². The molecule has 0 spiro atoms. The Hall–Kier alpha value is -3.74. The number of carbonyl (C=O) groups excluding carboxylic acids is 1. The molecule has 2 aromatic heterocycles. The number of amides is 1. The van der Waals surface area contributed by atoms with Crippen LogP contribution < -0.4 is 5.43 Å². The molecule has 0 aliphatic carbocycles. The number of fused-ring (bicyclic) bond motifs is 1. The SMILES string of the molecule is CCn1c(C)nc2cc(C(=O)N/N=C/c3cc(C)n(-c4ccccc4F)c3C)ccc21. The van der Waals surface area contributed by atoms with Crippen LogP contribution in [-0.2, 0) is 6.54 Å². The maximum atomic E-state index is 14.2. The number of carbonyl (C=O) groups is 1. The van der Waals surface area contributed by atoms with Crippen molar-refractivity contribution in [3.8, 4) is 5.69 Å². The third-order valence-electron chi connectivity index (χ3n) is 5.45. The Labute approximate surface area is 180 Å². The first-order valence-corrected chi connectivity index (χ1v) is 10.1. The zero-order valence-corrected chi connectivity index (χ0v) is 18.0. The van der Waals surface area contributed by atoms with Gasteiger partial charge in [-0.3, -0.25) is 4.79 Å². The molecule has 31 heavy (non-hydrogen) atoms. The standard InChI is InChI=1S/C24H24FN5O/c1-5-29-17(4)27-21-13-18(10-11-23(21)29)24(31)28-26-14-19-12-15(2)30(16(19)3)22-9-7-6-8-20(22)25/h6-14H,5H2,1-4H3,(H,28,31)/b26-14+. The lowest BCUT2D eigenvalue weighted by molar-refractivity contribution is 0.0955. The first kappa shape index (κ1) is 20.5. The average molecular weight is 417 g/mol. The summed E-state index contributed by atoms with van der Waals surface area (Å²) in [5.74, 6) is 0.306. The molecule has 1 amide bonds. The lowest BCUT2D eigenvalue weighted by Gasteiger charge is -2.10. The summed E-state index contributed by atoms with van der Waals surface area (Å²) in [7, 11) is 0. The van der Waals surface area contributed by atoms with E-state index in [4.69, 9.17) is 0 Å². The van der Waals surface area contributed by atoms with Crippen molar-refractivity contribution < 1.29 is 9.18 Å². The van der Waals surface area contributed by atoms with Gasteiger partial charge in [0, 0.05) is 29.1 Å². The second-order valence-electron chi connectivity index (χ2n) is 7.42. The topological polar surface area (TPSA) is 64.2 Å². The fourth-order valence-corrected chi connectivity index (χ4v) is 3.94. The molecule has 0 atom stereocenters. The van der Waals surface area contributed by atoms with Crippen molar-refractivity contribution in [2.45, 2.75) is 34.2 Å². The number of hydrazone groups is 1. The van der Waals surface area contributed by atoms with Crippen LogP contribution in [0.3, 0.4) is 0 Å². The molecule has 1 N–H and O–H groups in total. The van der Waals surface area contributed by atoms with Gasteiger partial charge < -0.3 is 9.13 Å². The van der Waals surface area contributed by atoms with Crippen LogP contribution in [0.4, 0.5) is 4.39 Å². The number of hydrogen-bond acceptors (Lipinski definition) is 3. The first-order valence-electron chi connectivity index (χ1n) is 10.1. The first-order chi connectivity index (χ1) is 14.9. The van der Waals surface area contributed by atoms with Gasteiger partial charge in [0.15, 0.2) is 0 Å². The molecule has 0 bridgehead atoms. The second-order valence-corrected chi connectivity index (χ2v) is 7.42. The number of benzene rings is 2. The van der Waals surface area contributed by atoms with E-state index in [1.165, 1.54) is 6.07 Å². The van der Waals surface area contributed by atoms with Gasteiger partial charge in [0.25, 0.3) is 5.91 Å². The summed E-state index contributed by atoms with van der Waals surface area (Å²) in [4.78, 5) is 17.1. The molecule has 7 heteroatoms. The van der Waals surface area contributed by atoms with E-state index in [1.54, 1.807) is 36.5 Å². The number of imidazole rings is 1. The predicted octanol–water partition coefficient (Wildman–Crippen LogP) is 4.68. The summed E-state index contributed by atoms with van der Waals surface area (Å²) in [6.45, 7) is 8.63. The number of halogens is 1. The van der Waals surface area contributed by atoms with E-state index < -0.39 is 0 Å². The maximum absolute atomic E-state index is 14.2. The lowest BCUT2D eigenvalue weighted by Crippen LogP contribution is -2.17. The van der Waals surface area contributed by atoms with Gasteiger partial charge >= 0.3 is 0 Å². The molecule has 0 saturated carbocycles. The number of para-hydroxylation sites is 1. The predicted molar refractivity (Wildman–Crippen MR) is 120 cm³/mol. The van der Waals surface area contributed by atoms with Crippen molar-refractivity contribution in [3.63, 3.8) is 0 Å². The molecule has 4 aromatic rings. The quantitative estimate of drug-likeness (QED) is 0.379. The largest absolute Gasteiger partial charge is 0.329 e. The van der Waals surface area contributed by atoms with Crippen LogP contribution in [0.15, 0.2) is 53.6 Å². The zero-order valence-electron chi connectivity index (χ0n) is 18.0. The number of nitrogens with one attached hydrogen (secondary N) is 1. The molecule has 158 valence electrons. The monoisotopic (exact) mass is 417 g/mol. The summed E-state index contributed by atoms with van der Waals surface area (Å²) in [6, 6.07) is 14.0. The molecular formula is C24H24FN5O. The second kappa shape index (κ2) is 8.18. The van der Waals surface area contributed by atoms with Crippen molar-refractivity contribution in [1.29, 1.82) is 0 Å². The van der Waals surface area contributed by atoms with Gasteiger partial charge in [-0.25, -0.2) is 14.8 Å². The smallest absolute Gasteiger partial charge is 0.271 e. The Morgan fingerprint density at radius 2 is 1.94 bits per heavy atom. The van der Waals surface area contributed by atoms with E-state index in [0.29, 0.717) is 11.3 Å². The molecule has 6 nitrogen and oxygen atoms in total. The number of aryl methyl sites for hydroxylation is 3. The Balaban J connectivity index is 1.54. The van der Waals surface area contributed by atoms with Gasteiger partial charge in [-0.2, -0.15) is 5.10 Å². The molecule has 2 aromatic carbocycles. The van der Waals surface area contributed by atoms with E-state index in [0.717, 1.165) is 40.4 Å². The molecule has 0 aliphatic rings. The number of rotatable bonds is 5. The van der Waals surface area contributed by atoms with Gasteiger partial charge in [0.1, 0.15) is 11.6 Å². The highest BCUT2D eigenvalue weighted by molar-refractivity contribution is 5.98. The summed E-state index contributed by atoms with van der Waals surface area (Å²) < 4.78 is 18.2. The van der Waals surface area contributed by atoms with Gasteiger partial charge in [0.2, 0.25) is 0 Å². The molecule has 0 fully saturated rings. The van der Waals surface area contributed by atoms with Crippen LogP contribution in [0.2, 0.25) is 0 Å². The highest BCUT2D eigenvalue weighted by atomic mass is 19.1. The van der Waals surface area contributed by atoms with Crippen LogP contribution in [0.1, 0.15) is 40.1 Å². The molecule has 0 saturated heterocycles. The van der Waals surface area contributed by atoms with Crippen LogP contribution in [0.25, 0.3) is 16.7 Å². The fourth-order valence-electron chi connectivity index (χ4n) is 3.94. The molecule has 0 radical (unpaired) electrons. The fraction of sp³-hybridized carbons (Fsp3) is 0.208. The van der Waals surface area contributed by atoms with E-state index in [-0.39, 0.29) is 11.7 Å². The summed E-state index contributed by atoms with van der Waals surface area (Å²) in [5, 5.41) is 4.11. The number of hydrogen-bond donors (Lipinski definition) is 1. The highest BCUT2D eigenvalue weighted by Gasteiger charge is 2.13. The lowest BCUT2D eigenvalue weighted by atomic mass is 10.2. The molecule has 0 aliphatic heterocycles. The number of nitrogens with zero attached hydrogens (tertiary/aromatic N) is 4. The van der Waals surface area contributed by atoms with Crippen LogP contribution >= 0.6 is 0 Å². The Morgan fingerprint density at radius 1 is 1.16 bits per heavy atom.